The Morgan fingerprint density at radius 2 is 1.49 bits per heavy atom. The van der Waals surface area contributed by atoms with Gasteiger partial charge in [0.2, 0.25) is 5.91 Å². The maximum atomic E-state index is 14.1. The highest BCUT2D eigenvalue weighted by atomic mass is 16.4. The van der Waals surface area contributed by atoms with Gasteiger partial charge in [0.1, 0.15) is 0 Å². The summed E-state index contributed by atoms with van der Waals surface area (Å²) in [6.07, 6.45) is 3.30. The van der Waals surface area contributed by atoms with Crippen molar-refractivity contribution in [2.75, 3.05) is 0 Å². The zero-order valence-corrected chi connectivity index (χ0v) is 22.6. The van der Waals surface area contributed by atoms with Crippen molar-refractivity contribution in [1.29, 1.82) is 0 Å². The minimum Gasteiger partial charge on any atom is -0.478 e. The third-order valence-corrected chi connectivity index (χ3v) is 7.81. The molecule has 0 bridgehead atoms. The van der Waals surface area contributed by atoms with E-state index in [9.17, 15) is 14.7 Å². The van der Waals surface area contributed by atoms with Crippen LogP contribution in [0.3, 0.4) is 0 Å². The van der Waals surface area contributed by atoms with Crippen molar-refractivity contribution in [3.63, 3.8) is 0 Å². The van der Waals surface area contributed by atoms with Crippen molar-refractivity contribution >= 4 is 11.9 Å². The van der Waals surface area contributed by atoms with Crippen LogP contribution in [0.15, 0.2) is 103 Å². The van der Waals surface area contributed by atoms with Gasteiger partial charge in [-0.15, -0.1) is 0 Å². The first-order chi connectivity index (χ1) is 18.9. The Morgan fingerprint density at radius 3 is 2.23 bits per heavy atom. The zero-order valence-electron chi connectivity index (χ0n) is 22.6. The number of nitrogens with zero attached hydrogens (tertiary/aromatic N) is 1. The molecule has 0 radical (unpaired) electrons. The lowest BCUT2D eigenvalue weighted by Crippen LogP contribution is -2.45. The van der Waals surface area contributed by atoms with Crippen LogP contribution in [0, 0.1) is 5.92 Å². The highest BCUT2D eigenvalue weighted by Gasteiger charge is 2.37. The van der Waals surface area contributed by atoms with Crippen LogP contribution in [-0.2, 0) is 24.1 Å². The molecule has 1 aliphatic rings. The van der Waals surface area contributed by atoms with Gasteiger partial charge in [0.05, 0.1) is 18.0 Å². The molecule has 0 aromatic heterocycles. The molecule has 4 heteroatoms. The summed E-state index contributed by atoms with van der Waals surface area (Å²) in [4.78, 5) is 27.7. The Hall–Kier alpha value is -4.18. The predicted molar refractivity (Wildman–Crippen MR) is 156 cm³/mol. The standard InChI is InChI=1S/C35H35NO3/c1-24(2)36(33(37)22-26-12-8-14-28(21-26)29-15-9-16-31(23-29)35(38)39)34-30(20-25-10-4-3-5-11-25)19-18-27-13-6-7-17-32(27)34/h3-17,21,23-24,30,34H,18-20,22H2,1-2H3,(H,38,39)/t30-,34-/m0/s1. The maximum absolute atomic E-state index is 14.1. The molecule has 4 aromatic rings. The van der Waals surface area contributed by atoms with Gasteiger partial charge in [-0.3, -0.25) is 4.79 Å². The van der Waals surface area contributed by atoms with Crippen molar-refractivity contribution in [1.82, 2.24) is 4.90 Å². The van der Waals surface area contributed by atoms with E-state index in [2.05, 4.69) is 67.3 Å². The molecule has 0 saturated heterocycles. The summed E-state index contributed by atoms with van der Waals surface area (Å²) < 4.78 is 0. The second-order valence-electron chi connectivity index (χ2n) is 10.8. The Labute approximate surface area is 230 Å². The van der Waals surface area contributed by atoms with E-state index in [-0.39, 0.29) is 23.6 Å². The molecule has 1 aliphatic carbocycles. The molecule has 1 N–H and O–H groups in total. The third-order valence-electron chi connectivity index (χ3n) is 7.81. The molecular weight excluding hydrogens is 482 g/mol. The highest BCUT2D eigenvalue weighted by molar-refractivity contribution is 5.89. The minimum absolute atomic E-state index is 0.0121. The number of carboxylic acids is 1. The summed E-state index contributed by atoms with van der Waals surface area (Å²) in [7, 11) is 0. The zero-order chi connectivity index (χ0) is 27.4. The third kappa shape index (κ3) is 5.96. The summed E-state index contributed by atoms with van der Waals surface area (Å²) in [6.45, 7) is 4.23. The summed E-state index contributed by atoms with van der Waals surface area (Å²) in [5.41, 5.74) is 6.82. The topological polar surface area (TPSA) is 57.6 Å². The molecule has 0 spiro atoms. The van der Waals surface area contributed by atoms with E-state index in [1.165, 1.54) is 16.7 Å². The van der Waals surface area contributed by atoms with Gasteiger partial charge in [0, 0.05) is 6.04 Å². The second kappa shape index (κ2) is 11.7. The first kappa shape index (κ1) is 26.4. The first-order valence-electron chi connectivity index (χ1n) is 13.8. The molecule has 0 aliphatic heterocycles. The minimum atomic E-state index is -0.950. The molecule has 5 rings (SSSR count). The van der Waals surface area contributed by atoms with E-state index in [1.54, 1.807) is 18.2 Å². The van der Waals surface area contributed by atoms with Gasteiger partial charge in [-0.1, -0.05) is 91.0 Å². The molecule has 0 fully saturated rings. The normalized spacial score (nSPS) is 16.5. The van der Waals surface area contributed by atoms with Crippen LogP contribution in [0.5, 0.6) is 0 Å². The average Bonchev–Trinajstić information content (AvgIpc) is 2.95. The number of rotatable bonds is 8. The monoisotopic (exact) mass is 517 g/mol. The van der Waals surface area contributed by atoms with Crippen molar-refractivity contribution < 1.29 is 14.7 Å². The fourth-order valence-corrected chi connectivity index (χ4v) is 6.03. The van der Waals surface area contributed by atoms with E-state index in [4.69, 9.17) is 0 Å². The quantitative estimate of drug-likeness (QED) is 0.265. The summed E-state index contributed by atoms with van der Waals surface area (Å²) in [5, 5.41) is 9.40. The van der Waals surface area contributed by atoms with Crippen molar-refractivity contribution in [2.45, 2.75) is 51.6 Å². The van der Waals surface area contributed by atoms with Gasteiger partial charge in [-0.05, 0) is 84.5 Å². The molecule has 0 heterocycles. The van der Waals surface area contributed by atoms with Crippen LogP contribution in [0.1, 0.15) is 58.9 Å². The summed E-state index contributed by atoms with van der Waals surface area (Å²) >= 11 is 0. The average molecular weight is 518 g/mol. The molecule has 0 unspecified atom stereocenters. The van der Waals surface area contributed by atoms with Crippen LogP contribution < -0.4 is 0 Å². The molecule has 0 saturated carbocycles. The smallest absolute Gasteiger partial charge is 0.335 e. The van der Waals surface area contributed by atoms with Crippen molar-refractivity contribution in [2.24, 2.45) is 5.92 Å². The Bertz CT molecular complexity index is 1460. The number of benzene rings is 4. The van der Waals surface area contributed by atoms with Gasteiger partial charge in [-0.25, -0.2) is 4.79 Å². The molecular formula is C35H35NO3. The lowest BCUT2D eigenvalue weighted by atomic mass is 9.75. The van der Waals surface area contributed by atoms with Gasteiger partial charge >= 0.3 is 5.97 Å². The van der Waals surface area contributed by atoms with E-state index in [0.29, 0.717) is 12.3 Å². The van der Waals surface area contributed by atoms with Crippen LogP contribution in [0.2, 0.25) is 0 Å². The SMILES string of the molecule is CC(C)N(C(=O)Cc1cccc(-c2cccc(C(=O)O)c2)c1)[C@@H]1c2ccccc2CC[C@H]1Cc1ccccc1. The number of hydrogen-bond donors (Lipinski definition) is 1. The number of carbonyl (C=O) groups is 2. The van der Waals surface area contributed by atoms with Crippen LogP contribution in [-0.4, -0.2) is 27.9 Å². The number of aryl methyl sites for hydroxylation is 1. The molecule has 4 aromatic carbocycles. The summed E-state index contributed by atoms with van der Waals surface area (Å²) in [6, 6.07) is 34.1. The van der Waals surface area contributed by atoms with Crippen LogP contribution >= 0.6 is 0 Å². The Balaban J connectivity index is 1.45. The predicted octanol–water partition coefficient (Wildman–Crippen LogP) is 7.38. The molecule has 198 valence electrons. The first-order valence-corrected chi connectivity index (χ1v) is 13.8. The lowest BCUT2D eigenvalue weighted by molar-refractivity contribution is -0.136. The number of fused-ring (bicyclic) bond motifs is 1. The van der Waals surface area contributed by atoms with Crippen LogP contribution in [0.4, 0.5) is 0 Å². The van der Waals surface area contributed by atoms with Gasteiger partial charge < -0.3 is 10.0 Å². The molecule has 1 amide bonds. The highest BCUT2D eigenvalue weighted by Crippen LogP contribution is 2.41. The molecule has 4 nitrogen and oxygen atoms in total. The van der Waals surface area contributed by atoms with Crippen LogP contribution in [0.25, 0.3) is 11.1 Å². The maximum Gasteiger partial charge on any atom is 0.335 e. The number of amides is 1. The van der Waals surface area contributed by atoms with Gasteiger partial charge in [0.25, 0.3) is 0 Å². The van der Waals surface area contributed by atoms with Crippen molar-refractivity contribution in [3.8, 4) is 11.1 Å². The number of carboxylic acid groups (broad SMARTS) is 1. The summed E-state index contributed by atoms with van der Waals surface area (Å²) in [5.74, 6) is -0.506. The van der Waals surface area contributed by atoms with E-state index in [1.807, 2.05) is 36.4 Å². The van der Waals surface area contributed by atoms with Crippen molar-refractivity contribution in [3.05, 3.63) is 131 Å². The van der Waals surface area contributed by atoms with E-state index in [0.717, 1.165) is 36.0 Å². The number of aromatic carboxylic acids is 1. The van der Waals surface area contributed by atoms with E-state index < -0.39 is 5.97 Å². The largest absolute Gasteiger partial charge is 0.478 e. The Kier molecular flexibility index (Phi) is 7.92. The second-order valence-corrected chi connectivity index (χ2v) is 10.8. The number of carbonyl (C=O) groups excluding carboxylic acids is 1. The fourth-order valence-electron chi connectivity index (χ4n) is 6.03. The molecule has 39 heavy (non-hydrogen) atoms. The van der Waals surface area contributed by atoms with E-state index >= 15 is 0 Å². The Morgan fingerprint density at radius 1 is 0.821 bits per heavy atom. The van der Waals surface area contributed by atoms with Gasteiger partial charge in [0.15, 0.2) is 0 Å². The number of hydrogen-bond acceptors (Lipinski definition) is 2. The lowest BCUT2D eigenvalue weighted by Gasteiger charge is -2.43. The van der Waals surface area contributed by atoms with Gasteiger partial charge in [-0.2, -0.15) is 0 Å². The molecule has 2 atom stereocenters. The fraction of sp³-hybridized carbons (Fsp3) is 0.257.